The van der Waals surface area contributed by atoms with Crippen molar-refractivity contribution < 1.29 is 4.79 Å². The first-order valence-electron chi connectivity index (χ1n) is 8.47. The summed E-state index contributed by atoms with van der Waals surface area (Å²) in [5.74, 6) is 1.14. The molecular weight excluding hydrogens is 298 g/mol. The van der Waals surface area contributed by atoms with Gasteiger partial charge in [0.05, 0.1) is 11.0 Å². The van der Waals surface area contributed by atoms with E-state index in [-0.39, 0.29) is 5.91 Å². The maximum Gasteiger partial charge on any atom is 0.224 e. The molecule has 0 fully saturated rings. The Morgan fingerprint density at radius 3 is 2.62 bits per heavy atom. The van der Waals surface area contributed by atoms with Gasteiger partial charge in [0.15, 0.2) is 0 Å². The smallest absolute Gasteiger partial charge is 0.224 e. The number of nitrogens with one attached hydrogen (secondary N) is 1. The van der Waals surface area contributed by atoms with Crippen molar-refractivity contribution >= 4 is 22.6 Å². The molecule has 0 saturated carbocycles. The van der Waals surface area contributed by atoms with Crippen LogP contribution in [0, 0.1) is 0 Å². The zero-order valence-corrected chi connectivity index (χ0v) is 14.2. The topological polar surface area (TPSA) is 46.9 Å². The van der Waals surface area contributed by atoms with Gasteiger partial charge in [0.1, 0.15) is 5.82 Å². The van der Waals surface area contributed by atoms with Crippen molar-refractivity contribution in [3.63, 3.8) is 0 Å². The van der Waals surface area contributed by atoms with Crippen LogP contribution in [-0.2, 0) is 24.7 Å². The van der Waals surface area contributed by atoms with Gasteiger partial charge in [-0.05, 0) is 36.6 Å². The van der Waals surface area contributed by atoms with Crippen LogP contribution in [-0.4, -0.2) is 15.5 Å². The number of carbonyl (C=O) groups is 1. The van der Waals surface area contributed by atoms with Crippen molar-refractivity contribution in [3.8, 4) is 0 Å². The quantitative estimate of drug-likeness (QED) is 0.743. The van der Waals surface area contributed by atoms with E-state index in [4.69, 9.17) is 4.98 Å². The summed E-state index contributed by atoms with van der Waals surface area (Å²) in [5.41, 5.74) is 4.24. The molecule has 0 unspecified atom stereocenters. The molecule has 0 spiro atoms. The zero-order valence-electron chi connectivity index (χ0n) is 14.2. The minimum Gasteiger partial charge on any atom is -0.331 e. The molecule has 124 valence electrons. The van der Waals surface area contributed by atoms with Gasteiger partial charge in [-0.2, -0.15) is 0 Å². The third-order valence-electron chi connectivity index (χ3n) is 4.27. The van der Waals surface area contributed by atoms with Crippen LogP contribution < -0.4 is 5.32 Å². The summed E-state index contributed by atoms with van der Waals surface area (Å²) >= 11 is 0. The molecule has 4 heteroatoms. The fraction of sp³-hybridized carbons (Fsp3) is 0.300. The van der Waals surface area contributed by atoms with E-state index < -0.39 is 0 Å². The molecule has 0 radical (unpaired) electrons. The molecule has 1 amide bonds. The lowest BCUT2D eigenvalue weighted by molar-refractivity contribution is -0.116. The molecule has 3 aromatic rings. The largest absolute Gasteiger partial charge is 0.331 e. The van der Waals surface area contributed by atoms with Crippen LogP contribution in [0.5, 0.6) is 0 Å². The fourth-order valence-electron chi connectivity index (χ4n) is 2.97. The first-order valence-corrected chi connectivity index (χ1v) is 8.47. The number of aromatic nitrogens is 2. The van der Waals surface area contributed by atoms with E-state index in [2.05, 4.69) is 29.1 Å². The van der Waals surface area contributed by atoms with Crippen molar-refractivity contribution in [1.82, 2.24) is 9.55 Å². The van der Waals surface area contributed by atoms with Gasteiger partial charge in [0.25, 0.3) is 0 Å². The summed E-state index contributed by atoms with van der Waals surface area (Å²) in [7, 11) is 2.06. The van der Waals surface area contributed by atoms with Gasteiger partial charge in [0.2, 0.25) is 5.91 Å². The van der Waals surface area contributed by atoms with Crippen LogP contribution in [0.2, 0.25) is 0 Å². The van der Waals surface area contributed by atoms with Crippen LogP contribution in [0.1, 0.15) is 31.2 Å². The molecular formula is C20H23N3O. The first-order chi connectivity index (χ1) is 11.7. The lowest BCUT2D eigenvalue weighted by Gasteiger charge is -2.11. The molecule has 0 aliphatic carbocycles. The third-order valence-corrected chi connectivity index (χ3v) is 4.27. The van der Waals surface area contributed by atoms with E-state index in [1.807, 2.05) is 43.3 Å². The standard InChI is InChI=1S/C20H23N3O/c1-3-8-20(24)22-16-10-5-4-9-15(16)13-14-19-21-17-11-6-7-12-18(17)23(19)2/h4-7,9-12H,3,8,13-14H2,1-2H3,(H,22,24). The number of para-hydroxylation sites is 3. The van der Waals surface area contributed by atoms with E-state index in [1.54, 1.807) is 0 Å². The highest BCUT2D eigenvalue weighted by atomic mass is 16.1. The molecule has 0 bridgehead atoms. The second-order valence-electron chi connectivity index (χ2n) is 6.03. The molecule has 0 atom stereocenters. The van der Waals surface area contributed by atoms with Crippen molar-refractivity contribution in [2.75, 3.05) is 5.32 Å². The Morgan fingerprint density at radius 2 is 1.83 bits per heavy atom. The van der Waals surface area contributed by atoms with Gasteiger partial charge in [-0.15, -0.1) is 0 Å². The second kappa shape index (κ2) is 7.30. The number of fused-ring (bicyclic) bond motifs is 1. The number of benzene rings is 2. The van der Waals surface area contributed by atoms with Gasteiger partial charge >= 0.3 is 0 Å². The van der Waals surface area contributed by atoms with Crippen molar-refractivity contribution in [2.24, 2.45) is 7.05 Å². The summed E-state index contributed by atoms with van der Waals surface area (Å²) in [5, 5.41) is 3.02. The number of rotatable bonds is 6. The summed E-state index contributed by atoms with van der Waals surface area (Å²) in [6.07, 6.45) is 3.10. The molecule has 4 nitrogen and oxygen atoms in total. The minimum atomic E-state index is 0.0766. The molecule has 0 saturated heterocycles. The molecule has 0 aliphatic heterocycles. The average molecular weight is 321 g/mol. The number of amides is 1. The Bertz CT molecular complexity index is 851. The van der Waals surface area contributed by atoms with Crippen molar-refractivity contribution in [2.45, 2.75) is 32.6 Å². The number of hydrogen-bond donors (Lipinski definition) is 1. The molecule has 24 heavy (non-hydrogen) atoms. The molecule has 1 N–H and O–H groups in total. The summed E-state index contributed by atoms with van der Waals surface area (Å²) in [4.78, 5) is 16.6. The Balaban J connectivity index is 1.76. The molecule has 1 aromatic heterocycles. The third kappa shape index (κ3) is 3.48. The van der Waals surface area contributed by atoms with Gasteiger partial charge in [-0.3, -0.25) is 4.79 Å². The highest BCUT2D eigenvalue weighted by molar-refractivity contribution is 5.91. The van der Waals surface area contributed by atoms with Crippen molar-refractivity contribution in [1.29, 1.82) is 0 Å². The highest BCUT2D eigenvalue weighted by Crippen LogP contribution is 2.20. The van der Waals surface area contributed by atoms with E-state index in [0.717, 1.165) is 47.4 Å². The molecule has 1 heterocycles. The minimum absolute atomic E-state index is 0.0766. The summed E-state index contributed by atoms with van der Waals surface area (Å²) in [6.45, 7) is 2.01. The SMILES string of the molecule is CCCC(=O)Nc1ccccc1CCc1nc2ccccc2n1C. The number of imidazole rings is 1. The maximum absolute atomic E-state index is 11.9. The molecule has 2 aromatic carbocycles. The lowest BCUT2D eigenvalue weighted by atomic mass is 10.1. The predicted octanol–water partition coefficient (Wildman–Crippen LogP) is 4.10. The van der Waals surface area contributed by atoms with Crippen LogP contribution in [0.15, 0.2) is 48.5 Å². The molecule has 0 aliphatic rings. The highest BCUT2D eigenvalue weighted by Gasteiger charge is 2.10. The normalized spacial score (nSPS) is 10.9. The van der Waals surface area contributed by atoms with Gasteiger partial charge in [0, 0.05) is 25.6 Å². The average Bonchev–Trinajstić information content (AvgIpc) is 2.91. The maximum atomic E-state index is 11.9. The number of hydrogen-bond acceptors (Lipinski definition) is 2. The van der Waals surface area contributed by atoms with Crippen LogP contribution in [0.3, 0.4) is 0 Å². The lowest BCUT2D eigenvalue weighted by Crippen LogP contribution is -2.12. The van der Waals surface area contributed by atoms with Crippen molar-refractivity contribution in [3.05, 3.63) is 59.9 Å². The summed E-state index contributed by atoms with van der Waals surface area (Å²) < 4.78 is 2.15. The number of carbonyl (C=O) groups excluding carboxylic acids is 1. The Morgan fingerprint density at radius 1 is 1.08 bits per heavy atom. The molecule has 3 rings (SSSR count). The van der Waals surface area contributed by atoms with Crippen LogP contribution >= 0.6 is 0 Å². The van der Waals surface area contributed by atoms with Crippen LogP contribution in [0.25, 0.3) is 11.0 Å². The van der Waals surface area contributed by atoms with E-state index >= 15 is 0 Å². The van der Waals surface area contributed by atoms with E-state index in [1.165, 1.54) is 0 Å². The zero-order chi connectivity index (χ0) is 16.9. The van der Waals surface area contributed by atoms with Gasteiger partial charge < -0.3 is 9.88 Å². The number of aryl methyl sites for hydroxylation is 3. The Kier molecular flexibility index (Phi) is 4.94. The van der Waals surface area contributed by atoms with E-state index in [0.29, 0.717) is 6.42 Å². The monoisotopic (exact) mass is 321 g/mol. The predicted molar refractivity (Wildman–Crippen MR) is 98.1 cm³/mol. The van der Waals surface area contributed by atoms with E-state index in [9.17, 15) is 4.79 Å². The Hall–Kier alpha value is -2.62. The number of nitrogens with zero attached hydrogens (tertiary/aromatic N) is 2. The number of anilines is 1. The summed E-state index contributed by atoms with van der Waals surface area (Å²) in [6, 6.07) is 16.2. The second-order valence-corrected chi connectivity index (χ2v) is 6.03. The first kappa shape index (κ1) is 16.2. The van der Waals surface area contributed by atoms with Crippen LogP contribution in [0.4, 0.5) is 5.69 Å². The van der Waals surface area contributed by atoms with Gasteiger partial charge in [-0.25, -0.2) is 4.98 Å². The van der Waals surface area contributed by atoms with Gasteiger partial charge in [-0.1, -0.05) is 37.3 Å². The fourth-order valence-corrected chi connectivity index (χ4v) is 2.97. The Labute approximate surface area is 142 Å².